The van der Waals surface area contributed by atoms with Crippen LogP contribution in [0, 0.1) is 0 Å². The molecule has 4 rings (SSSR count). The van der Waals surface area contributed by atoms with Crippen LogP contribution in [0.15, 0.2) is 64.4 Å². The first-order chi connectivity index (χ1) is 12.5. The Morgan fingerprint density at radius 1 is 0.885 bits per heavy atom. The summed E-state index contributed by atoms with van der Waals surface area (Å²) >= 11 is 1.46. The Hall–Kier alpha value is -3.12. The minimum atomic E-state index is -0.631. The maximum atomic E-state index is 12.0. The van der Waals surface area contributed by atoms with Crippen molar-refractivity contribution in [1.82, 2.24) is 0 Å². The third kappa shape index (κ3) is 2.74. The van der Waals surface area contributed by atoms with Gasteiger partial charge in [0.05, 0.1) is 16.8 Å². The van der Waals surface area contributed by atoms with E-state index in [2.05, 4.69) is 5.32 Å². The molecule has 0 aromatic heterocycles. The first-order valence-electron chi connectivity index (χ1n) is 7.91. The van der Waals surface area contributed by atoms with Crippen LogP contribution in [0.1, 0.15) is 27.6 Å². The molecule has 6 heteroatoms. The summed E-state index contributed by atoms with van der Waals surface area (Å²) in [6.07, 6.45) is 0. The van der Waals surface area contributed by atoms with Gasteiger partial charge in [-0.2, -0.15) is 0 Å². The molecule has 0 atom stereocenters. The van der Waals surface area contributed by atoms with Gasteiger partial charge in [-0.1, -0.05) is 36.0 Å². The van der Waals surface area contributed by atoms with Crippen LogP contribution in [-0.2, 0) is 9.53 Å². The molecule has 5 nitrogen and oxygen atoms in total. The second kappa shape index (κ2) is 6.31. The largest absolute Gasteiger partial charge is 0.386 e. The minimum absolute atomic E-state index is 0.150. The molecule has 0 fully saturated rings. The number of nitrogens with one attached hydrogen (secondary N) is 1. The Balaban J connectivity index is 1.86. The highest BCUT2D eigenvalue weighted by molar-refractivity contribution is 7.99. The quantitative estimate of drug-likeness (QED) is 0.556. The van der Waals surface area contributed by atoms with E-state index >= 15 is 0 Å². The monoisotopic (exact) mass is 363 g/mol. The topological polar surface area (TPSA) is 72.5 Å². The summed E-state index contributed by atoms with van der Waals surface area (Å²) < 4.78 is 4.79. The molecule has 0 saturated heterocycles. The van der Waals surface area contributed by atoms with Crippen LogP contribution in [0.25, 0.3) is 10.8 Å². The van der Waals surface area contributed by atoms with Gasteiger partial charge in [0, 0.05) is 22.1 Å². The summed E-state index contributed by atoms with van der Waals surface area (Å²) in [7, 11) is 0. The molecule has 1 aliphatic rings. The Labute approximate surface area is 153 Å². The summed E-state index contributed by atoms with van der Waals surface area (Å²) in [5, 5.41) is 4.22. The molecule has 3 aromatic rings. The molecule has 0 spiro atoms. The maximum absolute atomic E-state index is 12.0. The predicted molar refractivity (Wildman–Crippen MR) is 98.6 cm³/mol. The molecule has 0 unspecified atom stereocenters. The normalized spacial score (nSPS) is 12.8. The molecule has 1 aliphatic heterocycles. The van der Waals surface area contributed by atoms with Crippen LogP contribution in [0.3, 0.4) is 0 Å². The van der Waals surface area contributed by atoms with Gasteiger partial charge in [-0.25, -0.2) is 9.59 Å². The number of anilines is 1. The van der Waals surface area contributed by atoms with Gasteiger partial charge in [-0.15, -0.1) is 0 Å². The lowest BCUT2D eigenvalue weighted by molar-refractivity contribution is -0.114. The van der Waals surface area contributed by atoms with Crippen molar-refractivity contribution in [3.63, 3.8) is 0 Å². The van der Waals surface area contributed by atoms with E-state index in [-0.39, 0.29) is 5.91 Å². The lowest BCUT2D eigenvalue weighted by Crippen LogP contribution is -2.19. The Morgan fingerprint density at radius 3 is 2.38 bits per heavy atom. The van der Waals surface area contributed by atoms with Crippen molar-refractivity contribution >= 4 is 46.1 Å². The number of rotatable bonds is 3. The van der Waals surface area contributed by atoms with Crippen molar-refractivity contribution in [2.24, 2.45) is 0 Å². The van der Waals surface area contributed by atoms with Crippen LogP contribution in [-0.4, -0.2) is 17.8 Å². The van der Waals surface area contributed by atoms with Crippen LogP contribution >= 0.6 is 11.8 Å². The van der Waals surface area contributed by atoms with Gasteiger partial charge in [0.1, 0.15) is 0 Å². The van der Waals surface area contributed by atoms with Crippen molar-refractivity contribution in [2.45, 2.75) is 16.7 Å². The van der Waals surface area contributed by atoms with E-state index in [9.17, 15) is 14.4 Å². The van der Waals surface area contributed by atoms with Crippen molar-refractivity contribution < 1.29 is 19.1 Å². The summed E-state index contributed by atoms with van der Waals surface area (Å²) in [5.74, 6) is -1.41. The standard InChI is InChI=1S/C20H13NO4S/c1-11(22)21-15-7-2-3-8-17(15)26-16-10-9-14-18-12(16)5-4-6-13(18)19(23)25-20(14)24/h2-10H,1H3,(H,21,22). The van der Waals surface area contributed by atoms with E-state index in [4.69, 9.17) is 4.74 Å². The lowest BCUT2D eigenvalue weighted by Gasteiger charge is -2.17. The molecule has 128 valence electrons. The van der Waals surface area contributed by atoms with Gasteiger partial charge in [0.2, 0.25) is 5.91 Å². The molecule has 26 heavy (non-hydrogen) atoms. The minimum Gasteiger partial charge on any atom is -0.386 e. The number of hydrogen-bond acceptors (Lipinski definition) is 5. The average molecular weight is 363 g/mol. The third-order valence-electron chi connectivity index (χ3n) is 4.04. The van der Waals surface area contributed by atoms with E-state index < -0.39 is 11.9 Å². The highest BCUT2D eigenvalue weighted by atomic mass is 32.2. The van der Waals surface area contributed by atoms with Gasteiger partial charge in [0.25, 0.3) is 0 Å². The molecule has 3 aromatic carbocycles. The number of hydrogen-bond donors (Lipinski definition) is 1. The van der Waals surface area contributed by atoms with E-state index in [0.29, 0.717) is 22.2 Å². The lowest BCUT2D eigenvalue weighted by atomic mass is 9.97. The van der Waals surface area contributed by atoms with Crippen LogP contribution in [0.4, 0.5) is 5.69 Å². The highest BCUT2D eigenvalue weighted by Crippen LogP contribution is 2.40. The number of cyclic esters (lactones) is 2. The summed E-state index contributed by atoms with van der Waals surface area (Å²) in [4.78, 5) is 37.2. The third-order valence-corrected chi connectivity index (χ3v) is 5.20. The number of para-hydroxylation sites is 1. The van der Waals surface area contributed by atoms with Crippen molar-refractivity contribution in [3.05, 3.63) is 65.7 Å². The Kier molecular flexibility index (Phi) is 3.97. The Morgan fingerprint density at radius 2 is 1.62 bits per heavy atom. The van der Waals surface area contributed by atoms with E-state index in [1.165, 1.54) is 18.7 Å². The van der Waals surface area contributed by atoms with Gasteiger partial charge >= 0.3 is 11.9 Å². The van der Waals surface area contributed by atoms with Gasteiger partial charge < -0.3 is 10.1 Å². The van der Waals surface area contributed by atoms with Crippen molar-refractivity contribution in [3.8, 4) is 0 Å². The van der Waals surface area contributed by atoms with Gasteiger partial charge in [0.15, 0.2) is 0 Å². The van der Waals surface area contributed by atoms with E-state index in [0.717, 1.165) is 15.2 Å². The summed E-state index contributed by atoms with van der Waals surface area (Å²) in [5.41, 5.74) is 1.48. The molecule has 1 amide bonds. The van der Waals surface area contributed by atoms with E-state index in [1.807, 2.05) is 36.4 Å². The maximum Gasteiger partial charge on any atom is 0.346 e. The summed E-state index contributed by atoms with van der Waals surface area (Å²) in [6.45, 7) is 1.46. The van der Waals surface area contributed by atoms with Crippen LogP contribution < -0.4 is 5.32 Å². The zero-order valence-electron chi connectivity index (χ0n) is 13.7. The fourth-order valence-electron chi connectivity index (χ4n) is 2.97. The highest BCUT2D eigenvalue weighted by Gasteiger charge is 2.28. The average Bonchev–Trinajstić information content (AvgIpc) is 2.61. The molecular weight excluding hydrogens is 350 g/mol. The van der Waals surface area contributed by atoms with Gasteiger partial charge in [-0.3, -0.25) is 4.79 Å². The molecule has 0 bridgehead atoms. The first-order valence-corrected chi connectivity index (χ1v) is 8.73. The smallest absolute Gasteiger partial charge is 0.346 e. The zero-order chi connectivity index (χ0) is 18.3. The van der Waals surface area contributed by atoms with E-state index in [1.54, 1.807) is 18.2 Å². The number of carbonyl (C=O) groups excluding carboxylic acids is 3. The van der Waals surface area contributed by atoms with Gasteiger partial charge in [-0.05, 0) is 35.7 Å². The molecule has 0 radical (unpaired) electrons. The van der Waals surface area contributed by atoms with Crippen molar-refractivity contribution in [2.75, 3.05) is 5.32 Å². The molecule has 0 saturated carbocycles. The second-order valence-electron chi connectivity index (χ2n) is 5.80. The fraction of sp³-hybridized carbons (Fsp3) is 0.0500. The SMILES string of the molecule is CC(=O)Nc1ccccc1Sc1ccc2c3c(cccc13)C(=O)OC2=O. The fourth-order valence-corrected chi connectivity index (χ4v) is 4.00. The predicted octanol–water partition coefficient (Wildman–Crippen LogP) is 4.26. The number of carbonyl (C=O) groups is 3. The molecule has 0 aliphatic carbocycles. The van der Waals surface area contributed by atoms with Crippen LogP contribution in [0.5, 0.6) is 0 Å². The number of amides is 1. The number of esters is 2. The van der Waals surface area contributed by atoms with Crippen molar-refractivity contribution in [1.29, 1.82) is 0 Å². The van der Waals surface area contributed by atoms with Crippen LogP contribution in [0.2, 0.25) is 0 Å². The molecule has 1 N–H and O–H groups in total. The molecule has 1 heterocycles. The number of benzene rings is 3. The zero-order valence-corrected chi connectivity index (χ0v) is 14.6. The Bertz CT molecular complexity index is 1070. The molecular formula is C20H13NO4S. The number of ether oxygens (including phenoxy) is 1. The second-order valence-corrected chi connectivity index (χ2v) is 6.88. The first kappa shape index (κ1) is 16.4. The summed E-state index contributed by atoms with van der Waals surface area (Å²) in [6, 6.07) is 16.3.